The van der Waals surface area contributed by atoms with Gasteiger partial charge in [-0.15, -0.1) is 0 Å². The average Bonchev–Trinajstić information content (AvgIpc) is 2.38. The third kappa shape index (κ3) is 4.29. The van der Waals surface area contributed by atoms with Crippen molar-refractivity contribution in [2.45, 2.75) is 57.3 Å². The van der Waals surface area contributed by atoms with Crippen LogP contribution in [0.4, 0.5) is 0 Å². The fraction of sp³-hybridized carbons (Fsp3) is 0.688. The van der Waals surface area contributed by atoms with E-state index >= 15 is 0 Å². The Labute approximate surface area is 117 Å². The summed E-state index contributed by atoms with van der Waals surface area (Å²) in [5.41, 5.74) is 1.07. The molecule has 0 amide bonds. The largest absolute Gasteiger partial charge is 0.364 e. The van der Waals surface area contributed by atoms with E-state index in [9.17, 15) is 0 Å². The molecule has 0 bridgehead atoms. The smallest absolute Gasteiger partial charge is 0.111 e. The lowest BCUT2D eigenvalue weighted by Crippen LogP contribution is -2.44. The van der Waals surface area contributed by atoms with Gasteiger partial charge >= 0.3 is 0 Å². The second-order valence-corrected chi connectivity index (χ2v) is 5.74. The Hall–Kier alpha value is -0.930. The van der Waals surface area contributed by atoms with Gasteiger partial charge in [0.2, 0.25) is 0 Å². The maximum absolute atomic E-state index is 6.29. The summed E-state index contributed by atoms with van der Waals surface area (Å²) in [6.07, 6.45) is 14.7. The van der Waals surface area contributed by atoms with Crippen LogP contribution in [0.3, 0.4) is 0 Å². The minimum Gasteiger partial charge on any atom is -0.364 e. The number of allylic oxidation sites excluding steroid dienone is 3. The zero-order chi connectivity index (χ0) is 13.7. The van der Waals surface area contributed by atoms with Crippen molar-refractivity contribution < 1.29 is 4.74 Å². The molecule has 3 atom stereocenters. The number of nitrogens with zero attached hydrogens (tertiary/aromatic N) is 2. The Bertz CT molecular complexity index is 371. The Balaban J connectivity index is 2.00. The van der Waals surface area contributed by atoms with Crippen LogP contribution in [0, 0.1) is 0 Å². The number of ether oxygens (including phenoxy) is 1. The molecule has 1 saturated carbocycles. The lowest BCUT2D eigenvalue weighted by Gasteiger charge is -2.37. The molecule has 0 aromatic rings. The molecule has 0 saturated heterocycles. The lowest BCUT2D eigenvalue weighted by molar-refractivity contribution is -0.0273. The zero-order valence-corrected chi connectivity index (χ0v) is 12.4. The van der Waals surface area contributed by atoms with Crippen LogP contribution in [0.25, 0.3) is 0 Å². The summed E-state index contributed by atoms with van der Waals surface area (Å²) in [6.45, 7) is 2.04. The van der Waals surface area contributed by atoms with Crippen molar-refractivity contribution in [2.24, 2.45) is 4.99 Å². The summed E-state index contributed by atoms with van der Waals surface area (Å²) >= 11 is 0. The van der Waals surface area contributed by atoms with Gasteiger partial charge in [0.05, 0.1) is 6.10 Å². The van der Waals surface area contributed by atoms with E-state index in [-0.39, 0.29) is 6.10 Å². The van der Waals surface area contributed by atoms with Crippen LogP contribution >= 0.6 is 0 Å². The first-order chi connectivity index (χ1) is 9.16. The topological polar surface area (TPSA) is 24.8 Å². The SMILES string of the molecule is CC1=CCC=CC(OC2CCCCC2N(C)C)C=N1. The molecule has 1 aliphatic carbocycles. The van der Waals surface area contributed by atoms with Crippen LogP contribution in [0.1, 0.15) is 39.0 Å². The molecule has 1 aliphatic heterocycles. The van der Waals surface area contributed by atoms with Gasteiger partial charge in [-0.1, -0.05) is 31.1 Å². The molecule has 0 radical (unpaired) electrons. The van der Waals surface area contributed by atoms with Gasteiger partial charge in [-0.05, 0) is 40.3 Å². The Kier molecular flexibility index (Phi) is 5.34. The number of aliphatic imine (C=N–C) groups is 1. The highest BCUT2D eigenvalue weighted by Gasteiger charge is 2.28. The quantitative estimate of drug-likeness (QED) is 0.730. The van der Waals surface area contributed by atoms with Gasteiger partial charge in [-0.3, -0.25) is 4.99 Å². The molecule has 3 nitrogen and oxygen atoms in total. The van der Waals surface area contributed by atoms with Crippen LogP contribution in [-0.2, 0) is 4.74 Å². The number of likely N-dealkylation sites (N-methyl/N-ethyl adjacent to an activating group) is 1. The van der Waals surface area contributed by atoms with E-state index in [2.05, 4.69) is 42.2 Å². The van der Waals surface area contributed by atoms with E-state index in [0.29, 0.717) is 12.1 Å². The Morgan fingerprint density at radius 1 is 1.26 bits per heavy atom. The first-order valence-corrected chi connectivity index (χ1v) is 7.36. The van der Waals surface area contributed by atoms with Crippen molar-refractivity contribution in [1.29, 1.82) is 0 Å². The van der Waals surface area contributed by atoms with Gasteiger partial charge in [0.15, 0.2) is 0 Å². The normalized spacial score (nSPS) is 32.0. The van der Waals surface area contributed by atoms with E-state index in [0.717, 1.165) is 18.5 Å². The van der Waals surface area contributed by atoms with Crippen molar-refractivity contribution in [3.05, 3.63) is 23.9 Å². The predicted molar refractivity (Wildman–Crippen MR) is 80.6 cm³/mol. The highest BCUT2D eigenvalue weighted by molar-refractivity contribution is 5.67. The maximum Gasteiger partial charge on any atom is 0.111 e. The molecule has 1 fully saturated rings. The van der Waals surface area contributed by atoms with Crippen molar-refractivity contribution in [3.63, 3.8) is 0 Å². The molecular weight excluding hydrogens is 236 g/mol. The molecule has 19 heavy (non-hydrogen) atoms. The second-order valence-electron chi connectivity index (χ2n) is 5.74. The number of rotatable bonds is 3. The van der Waals surface area contributed by atoms with Gasteiger partial charge in [0.1, 0.15) is 6.10 Å². The molecule has 106 valence electrons. The standard InChI is InChI=1S/C16H26N2O/c1-13-8-4-5-9-14(12-17-13)19-16-11-7-6-10-15(16)18(2)3/h5,8-9,12,14-16H,4,6-7,10-11H2,1-3H3. The molecular formula is C16H26N2O. The average molecular weight is 262 g/mol. The monoisotopic (exact) mass is 262 g/mol. The second kappa shape index (κ2) is 7.01. The molecule has 0 N–H and O–H groups in total. The van der Waals surface area contributed by atoms with Gasteiger partial charge in [-0.2, -0.15) is 0 Å². The first kappa shape index (κ1) is 14.5. The Morgan fingerprint density at radius 3 is 2.84 bits per heavy atom. The molecule has 2 aliphatic rings. The van der Waals surface area contributed by atoms with Crippen LogP contribution in [0.5, 0.6) is 0 Å². The van der Waals surface area contributed by atoms with Crippen molar-refractivity contribution in [3.8, 4) is 0 Å². The van der Waals surface area contributed by atoms with E-state index in [1.54, 1.807) is 0 Å². The summed E-state index contributed by atoms with van der Waals surface area (Å²) < 4.78 is 6.29. The van der Waals surface area contributed by atoms with E-state index in [1.807, 2.05) is 13.1 Å². The predicted octanol–water partition coefficient (Wildman–Crippen LogP) is 3.18. The molecule has 1 heterocycles. The highest BCUT2D eigenvalue weighted by Crippen LogP contribution is 2.25. The summed E-state index contributed by atoms with van der Waals surface area (Å²) in [5, 5.41) is 0. The van der Waals surface area contributed by atoms with Gasteiger partial charge in [0.25, 0.3) is 0 Å². The van der Waals surface area contributed by atoms with E-state index in [1.165, 1.54) is 19.3 Å². The fourth-order valence-electron chi connectivity index (χ4n) is 2.85. The number of hydrogen-bond donors (Lipinski definition) is 0. The molecule has 0 aromatic heterocycles. The first-order valence-electron chi connectivity index (χ1n) is 7.36. The van der Waals surface area contributed by atoms with E-state index < -0.39 is 0 Å². The van der Waals surface area contributed by atoms with Gasteiger partial charge in [-0.25, -0.2) is 0 Å². The van der Waals surface area contributed by atoms with Crippen LogP contribution in [-0.4, -0.2) is 43.5 Å². The molecule has 0 aromatic carbocycles. The zero-order valence-electron chi connectivity index (χ0n) is 12.4. The summed E-state index contributed by atoms with van der Waals surface area (Å²) in [5.74, 6) is 0. The van der Waals surface area contributed by atoms with Crippen molar-refractivity contribution in [2.75, 3.05) is 14.1 Å². The van der Waals surface area contributed by atoms with Gasteiger partial charge < -0.3 is 9.64 Å². The van der Waals surface area contributed by atoms with Crippen LogP contribution in [0.2, 0.25) is 0 Å². The molecule has 0 spiro atoms. The molecule has 3 unspecified atom stereocenters. The van der Waals surface area contributed by atoms with Crippen LogP contribution < -0.4 is 0 Å². The minimum atomic E-state index is 0.0224. The molecule has 3 heteroatoms. The third-order valence-electron chi connectivity index (χ3n) is 3.96. The lowest BCUT2D eigenvalue weighted by atomic mass is 9.91. The highest BCUT2D eigenvalue weighted by atomic mass is 16.5. The van der Waals surface area contributed by atoms with Crippen molar-refractivity contribution >= 4 is 6.21 Å². The van der Waals surface area contributed by atoms with E-state index in [4.69, 9.17) is 4.74 Å². The summed E-state index contributed by atoms with van der Waals surface area (Å²) in [7, 11) is 4.31. The molecule has 2 rings (SSSR count). The maximum atomic E-state index is 6.29. The minimum absolute atomic E-state index is 0.0224. The van der Waals surface area contributed by atoms with Crippen LogP contribution in [0.15, 0.2) is 28.9 Å². The summed E-state index contributed by atoms with van der Waals surface area (Å²) in [6, 6.07) is 0.539. The van der Waals surface area contributed by atoms with Gasteiger partial charge in [0, 0.05) is 18.0 Å². The third-order valence-corrected chi connectivity index (χ3v) is 3.96. The summed E-state index contributed by atoms with van der Waals surface area (Å²) in [4.78, 5) is 6.75. The fourth-order valence-corrected chi connectivity index (χ4v) is 2.85. The Morgan fingerprint density at radius 2 is 2.05 bits per heavy atom. The number of hydrogen-bond acceptors (Lipinski definition) is 3. The van der Waals surface area contributed by atoms with Crippen molar-refractivity contribution in [1.82, 2.24) is 4.90 Å².